The Morgan fingerprint density at radius 3 is 2.38 bits per heavy atom. The van der Waals surface area contributed by atoms with Gasteiger partial charge in [-0.3, -0.25) is 0 Å². The Morgan fingerprint density at radius 1 is 1.03 bits per heavy atom. The number of rotatable bonds is 7. The molecule has 0 radical (unpaired) electrons. The molecule has 1 saturated heterocycles. The van der Waals surface area contributed by atoms with E-state index in [1.165, 1.54) is 44.5 Å². The van der Waals surface area contributed by atoms with Crippen molar-refractivity contribution in [2.75, 3.05) is 31.9 Å². The summed E-state index contributed by atoms with van der Waals surface area (Å²) in [6.45, 7) is 4.38. The van der Waals surface area contributed by atoms with Crippen molar-refractivity contribution >= 4 is 9.84 Å². The summed E-state index contributed by atoms with van der Waals surface area (Å²) in [7, 11) is -3.72. The Labute approximate surface area is 171 Å². The monoisotopic (exact) mass is 432 g/mol. The lowest BCUT2D eigenvalue weighted by molar-refractivity contribution is -0.137. The van der Waals surface area contributed by atoms with Crippen LogP contribution in [-0.4, -0.2) is 51.3 Å². The number of sulfone groups is 1. The number of alkyl halides is 3. The van der Waals surface area contributed by atoms with Crippen LogP contribution in [0, 0.1) is 5.92 Å². The number of likely N-dealkylation sites (tertiary alicyclic amines) is 1. The molecule has 1 aromatic rings. The van der Waals surface area contributed by atoms with Crippen LogP contribution in [0.1, 0.15) is 50.5 Å². The SMILES string of the molecule is O=S(=O)(CC1CCC(NCCN2CCCCC2)CC1)c1cccc(C(F)(F)F)c1. The van der Waals surface area contributed by atoms with Crippen LogP contribution in [0.25, 0.3) is 0 Å². The summed E-state index contributed by atoms with van der Waals surface area (Å²) in [4.78, 5) is 2.26. The average molecular weight is 433 g/mol. The molecule has 164 valence electrons. The van der Waals surface area contributed by atoms with Gasteiger partial charge in [0.1, 0.15) is 0 Å². The highest BCUT2D eigenvalue weighted by Gasteiger charge is 2.32. The number of piperidine rings is 1. The molecule has 1 aliphatic heterocycles. The average Bonchev–Trinajstić information content (AvgIpc) is 2.69. The normalized spacial score (nSPS) is 24.5. The van der Waals surface area contributed by atoms with Crippen LogP contribution in [0.4, 0.5) is 13.2 Å². The van der Waals surface area contributed by atoms with Crippen molar-refractivity contribution in [1.82, 2.24) is 10.2 Å². The summed E-state index contributed by atoms with van der Waals surface area (Å²) in [5.74, 6) is -0.0656. The molecule has 0 aromatic heterocycles. The maximum Gasteiger partial charge on any atom is 0.416 e. The zero-order valence-electron chi connectivity index (χ0n) is 16.8. The molecule has 4 nitrogen and oxygen atoms in total. The molecule has 29 heavy (non-hydrogen) atoms. The van der Waals surface area contributed by atoms with Gasteiger partial charge in [0.05, 0.1) is 16.2 Å². The summed E-state index contributed by atoms with van der Waals surface area (Å²) < 4.78 is 63.9. The number of benzene rings is 1. The lowest BCUT2D eigenvalue weighted by Crippen LogP contribution is -2.41. The van der Waals surface area contributed by atoms with E-state index in [1.54, 1.807) is 0 Å². The minimum atomic E-state index is -4.54. The van der Waals surface area contributed by atoms with E-state index >= 15 is 0 Å². The van der Waals surface area contributed by atoms with Crippen LogP contribution in [0.2, 0.25) is 0 Å². The van der Waals surface area contributed by atoms with E-state index in [-0.39, 0.29) is 16.6 Å². The van der Waals surface area contributed by atoms with Gasteiger partial charge in [-0.25, -0.2) is 8.42 Å². The predicted molar refractivity (Wildman–Crippen MR) is 108 cm³/mol. The summed E-state index contributed by atoms with van der Waals surface area (Å²) in [6, 6.07) is 4.49. The highest BCUT2D eigenvalue weighted by molar-refractivity contribution is 7.91. The van der Waals surface area contributed by atoms with E-state index in [0.717, 1.165) is 50.9 Å². The van der Waals surface area contributed by atoms with Gasteiger partial charge in [0.25, 0.3) is 0 Å². The fourth-order valence-electron chi connectivity index (χ4n) is 4.42. The molecule has 0 atom stereocenters. The first-order chi connectivity index (χ1) is 13.7. The number of nitrogens with one attached hydrogen (secondary N) is 1. The second-order valence-electron chi connectivity index (χ2n) is 8.38. The fourth-order valence-corrected chi connectivity index (χ4v) is 6.15. The third kappa shape index (κ3) is 6.69. The van der Waals surface area contributed by atoms with Gasteiger partial charge in [-0.2, -0.15) is 13.2 Å². The highest BCUT2D eigenvalue weighted by atomic mass is 32.2. The van der Waals surface area contributed by atoms with Crippen LogP contribution in [0.5, 0.6) is 0 Å². The summed E-state index contributed by atoms with van der Waals surface area (Å²) in [5, 5.41) is 3.59. The van der Waals surface area contributed by atoms with Crippen molar-refractivity contribution in [3.63, 3.8) is 0 Å². The summed E-state index contributed by atoms with van der Waals surface area (Å²) in [6.07, 6.45) is 2.78. The molecule has 0 spiro atoms. The molecule has 3 rings (SSSR count). The minimum absolute atomic E-state index is 0.00897. The third-order valence-electron chi connectivity index (χ3n) is 6.13. The molecule has 2 aliphatic rings. The Balaban J connectivity index is 1.45. The van der Waals surface area contributed by atoms with Crippen LogP contribution < -0.4 is 5.32 Å². The summed E-state index contributed by atoms with van der Waals surface area (Å²) >= 11 is 0. The van der Waals surface area contributed by atoms with Gasteiger partial charge in [-0.1, -0.05) is 12.5 Å². The molecule has 0 unspecified atom stereocenters. The van der Waals surface area contributed by atoms with Crippen LogP contribution in [-0.2, 0) is 16.0 Å². The quantitative estimate of drug-likeness (QED) is 0.704. The molecule has 1 heterocycles. The molecule has 0 bridgehead atoms. The van der Waals surface area contributed by atoms with Gasteiger partial charge in [-0.15, -0.1) is 0 Å². The first kappa shape index (κ1) is 22.6. The standard InChI is InChI=1S/C21H31F3N2O2S/c22-21(23,24)18-5-4-6-20(15-18)29(27,28)16-17-7-9-19(10-8-17)25-11-14-26-12-2-1-3-13-26/h4-6,15,17,19,25H,1-3,7-14,16H2. The van der Waals surface area contributed by atoms with Crippen molar-refractivity contribution in [2.45, 2.75) is 62.1 Å². The zero-order valence-corrected chi connectivity index (χ0v) is 17.6. The molecule has 1 N–H and O–H groups in total. The van der Waals surface area contributed by atoms with Gasteiger partial charge < -0.3 is 10.2 Å². The van der Waals surface area contributed by atoms with Gasteiger partial charge in [0, 0.05) is 19.1 Å². The predicted octanol–water partition coefficient (Wildman–Crippen LogP) is 4.11. The van der Waals surface area contributed by atoms with E-state index in [4.69, 9.17) is 0 Å². The molecule has 2 fully saturated rings. The van der Waals surface area contributed by atoms with E-state index in [0.29, 0.717) is 6.04 Å². The zero-order chi connectivity index (χ0) is 20.9. The van der Waals surface area contributed by atoms with Crippen molar-refractivity contribution in [3.8, 4) is 0 Å². The van der Waals surface area contributed by atoms with Gasteiger partial charge in [0.2, 0.25) is 0 Å². The number of nitrogens with zero attached hydrogens (tertiary/aromatic N) is 1. The Hall–Kier alpha value is -1.12. The maximum atomic E-state index is 12.9. The summed E-state index contributed by atoms with van der Waals surface area (Å²) in [5.41, 5.74) is -0.916. The lowest BCUT2D eigenvalue weighted by atomic mass is 9.87. The molecular formula is C21H31F3N2O2S. The first-order valence-corrected chi connectivity index (χ1v) is 12.2. The van der Waals surface area contributed by atoms with Crippen molar-refractivity contribution in [2.24, 2.45) is 5.92 Å². The van der Waals surface area contributed by atoms with E-state index < -0.39 is 21.6 Å². The lowest BCUT2D eigenvalue weighted by Gasteiger charge is -2.31. The van der Waals surface area contributed by atoms with E-state index in [9.17, 15) is 21.6 Å². The molecular weight excluding hydrogens is 401 g/mol. The smallest absolute Gasteiger partial charge is 0.313 e. The number of hydrogen-bond donors (Lipinski definition) is 1. The van der Waals surface area contributed by atoms with Crippen molar-refractivity contribution < 1.29 is 21.6 Å². The third-order valence-corrected chi connectivity index (χ3v) is 8.01. The highest BCUT2D eigenvalue weighted by Crippen LogP contribution is 2.32. The Bertz CT molecular complexity index is 753. The number of halogens is 3. The van der Waals surface area contributed by atoms with Crippen molar-refractivity contribution in [1.29, 1.82) is 0 Å². The maximum absolute atomic E-state index is 12.9. The Kier molecular flexibility index (Phi) is 7.62. The molecule has 0 amide bonds. The molecule has 8 heteroatoms. The number of hydrogen-bond acceptors (Lipinski definition) is 4. The molecule has 1 aromatic carbocycles. The van der Waals surface area contributed by atoms with Crippen LogP contribution in [0.3, 0.4) is 0 Å². The van der Waals surface area contributed by atoms with Crippen molar-refractivity contribution in [3.05, 3.63) is 29.8 Å². The van der Waals surface area contributed by atoms with Crippen LogP contribution >= 0.6 is 0 Å². The second-order valence-corrected chi connectivity index (χ2v) is 10.4. The van der Waals surface area contributed by atoms with E-state index in [1.807, 2.05) is 0 Å². The first-order valence-electron chi connectivity index (χ1n) is 10.6. The Morgan fingerprint density at radius 2 is 1.72 bits per heavy atom. The van der Waals surface area contributed by atoms with E-state index in [2.05, 4.69) is 10.2 Å². The topological polar surface area (TPSA) is 49.4 Å². The minimum Gasteiger partial charge on any atom is -0.313 e. The molecule has 1 aliphatic carbocycles. The van der Waals surface area contributed by atoms with Gasteiger partial charge in [0.15, 0.2) is 9.84 Å². The second kappa shape index (κ2) is 9.79. The fraction of sp³-hybridized carbons (Fsp3) is 0.714. The van der Waals surface area contributed by atoms with Crippen LogP contribution in [0.15, 0.2) is 29.2 Å². The van der Waals surface area contributed by atoms with Gasteiger partial charge >= 0.3 is 6.18 Å². The molecule has 1 saturated carbocycles. The largest absolute Gasteiger partial charge is 0.416 e. The van der Waals surface area contributed by atoms with Gasteiger partial charge in [-0.05, 0) is 75.7 Å².